The predicted molar refractivity (Wildman–Crippen MR) is 164 cm³/mol. The van der Waals surface area contributed by atoms with Gasteiger partial charge in [0, 0.05) is 12.7 Å². The predicted octanol–water partition coefficient (Wildman–Crippen LogP) is 7.12. The lowest BCUT2D eigenvalue weighted by Crippen LogP contribution is -2.62. The second-order valence-corrected chi connectivity index (χ2v) is 14.8. The van der Waals surface area contributed by atoms with Crippen LogP contribution in [0.2, 0.25) is 0 Å². The summed E-state index contributed by atoms with van der Waals surface area (Å²) in [6.07, 6.45) is -1.12. The first-order valence-electron chi connectivity index (χ1n) is 16.1. The number of alkyl halides is 3. The van der Waals surface area contributed by atoms with Crippen molar-refractivity contribution in [1.82, 2.24) is 0 Å². The third kappa shape index (κ3) is 7.08. The Morgan fingerprint density at radius 2 is 1.67 bits per heavy atom. The van der Waals surface area contributed by atoms with Gasteiger partial charge in [-0.25, -0.2) is 4.79 Å². The van der Waals surface area contributed by atoms with Crippen LogP contribution in [0.4, 0.5) is 13.2 Å². The summed E-state index contributed by atoms with van der Waals surface area (Å²) in [7, 11) is 1.92. The zero-order chi connectivity index (χ0) is 34.1. The summed E-state index contributed by atoms with van der Waals surface area (Å²) < 4.78 is 58.7. The Morgan fingerprint density at radius 1 is 1.04 bits per heavy atom. The van der Waals surface area contributed by atoms with Crippen molar-refractivity contribution in [2.45, 2.75) is 128 Å². The fourth-order valence-corrected chi connectivity index (χ4v) is 8.49. The van der Waals surface area contributed by atoms with Gasteiger partial charge in [-0.2, -0.15) is 13.2 Å². The van der Waals surface area contributed by atoms with Gasteiger partial charge < -0.3 is 24.4 Å². The highest BCUT2D eigenvalue weighted by Crippen LogP contribution is 2.64. The molecule has 10 heteroatoms. The number of halogens is 3. The zero-order valence-electron chi connectivity index (χ0n) is 28.1. The molecule has 1 aromatic carbocycles. The van der Waals surface area contributed by atoms with Gasteiger partial charge in [0.25, 0.3) is 5.60 Å². The summed E-state index contributed by atoms with van der Waals surface area (Å²) >= 11 is 0. The van der Waals surface area contributed by atoms with E-state index >= 15 is 0 Å². The molecule has 2 fully saturated rings. The number of carbonyl (C=O) groups excluding carboxylic acids is 2. The van der Waals surface area contributed by atoms with Gasteiger partial charge in [0.05, 0.1) is 24.2 Å². The van der Waals surface area contributed by atoms with Crippen LogP contribution < -0.4 is 0 Å². The van der Waals surface area contributed by atoms with E-state index in [1.54, 1.807) is 6.92 Å². The number of carbonyl (C=O) groups is 2. The van der Waals surface area contributed by atoms with Crippen molar-refractivity contribution in [2.75, 3.05) is 14.2 Å². The summed E-state index contributed by atoms with van der Waals surface area (Å²) in [5.74, 6) is -3.24. The number of esters is 2. The second-order valence-electron chi connectivity index (χ2n) is 14.8. The quantitative estimate of drug-likeness (QED) is 0.234. The molecular formula is C35H53F3O7. The SMILES string of the molecule is COC(=O)[C@@H](C)[C@H](CC[C@](C)(O)CC[C@@]1(O)[C@H](C)CC[C@H]2C(C)(C)CCC[C@@]21C)OC(=O)[C@@](OC)(c1ccccc1)C(F)(F)F. The minimum Gasteiger partial charge on any atom is -0.469 e. The molecule has 0 bridgehead atoms. The summed E-state index contributed by atoms with van der Waals surface area (Å²) in [4.78, 5) is 25.9. The molecule has 0 radical (unpaired) electrons. The molecule has 2 saturated carbocycles. The largest absolute Gasteiger partial charge is 0.469 e. The fraction of sp³-hybridized carbons (Fsp3) is 0.771. The summed E-state index contributed by atoms with van der Waals surface area (Å²) in [6.45, 7) is 11.8. The van der Waals surface area contributed by atoms with Crippen LogP contribution in [0, 0.1) is 28.6 Å². The number of fused-ring (bicyclic) bond motifs is 1. The number of rotatable bonds is 12. The highest BCUT2D eigenvalue weighted by Gasteiger charge is 2.65. The van der Waals surface area contributed by atoms with E-state index in [1.165, 1.54) is 25.1 Å². The summed E-state index contributed by atoms with van der Waals surface area (Å²) in [6, 6.07) is 6.46. The second kappa shape index (κ2) is 13.5. The van der Waals surface area contributed by atoms with E-state index in [2.05, 4.69) is 27.7 Å². The molecular weight excluding hydrogens is 589 g/mol. The fourth-order valence-electron chi connectivity index (χ4n) is 8.49. The van der Waals surface area contributed by atoms with Gasteiger partial charge in [-0.3, -0.25) is 4.79 Å². The van der Waals surface area contributed by atoms with Crippen LogP contribution in [0.15, 0.2) is 30.3 Å². The molecule has 2 N–H and O–H groups in total. The molecule has 1 aromatic rings. The Bertz CT molecular complexity index is 1170. The molecule has 0 aromatic heterocycles. The minimum atomic E-state index is -5.18. The Kier molecular flexibility index (Phi) is 11.2. The van der Waals surface area contributed by atoms with E-state index in [0.717, 1.165) is 58.5 Å². The van der Waals surface area contributed by atoms with Crippen LogP contribution >= 0.6 is 0 Å². The first-order chi connectivity index (χ1) is 20.7. The molecule has 2 aliphatic rings. The summed E-state index contributed by atoms with van der Waals surface area (Å²) in [5.41, 5.74) is -6.50. The molecule has 0 spiro atoms. The van der Waals surface area contributed by atoms with Crippen LogP contribution in [-0.2, 0) is 29.4 Å². The lowest BCUT2D eigenvalue weighted by Gasteiger charge is -2.63. The maximum absolute atomic E-state index is 14.5. The lowest BCUT2D eigenvalue weighted by atomic mass is 9.44. The van der Waals surface area contributed by atoms with Gasteiger partial charge in [0.1, 0.15) is 6.10 Å². The van der Waals surface area contributed by atoms with Crippen LogP contribution in [0.3, 0.4) is 0 Å². The summed E-state index contributed by atoms with van der Waals surface area (Å²) in [5, 5.41) is 23.8. The van der Waals surface area contributed by atoms with Crippen LogP contribution in [0.25, 0.3) is 0 Å². The van der Waals surface area contributed by atoms with Crippen molar-refractivity contribution in [3.05, 3.63) is 35.9 Å². The third-order valence-electron chi connectivity index (χ3n) is 11.5. The monoisotopic (exact) mass is 642 g/mol. The Labute approximate surface area is 266 Å². The number of methoxy groups -OCH3 is 2. The van der Waals surface area contributed by atoms with E-state index in [0.29, 0.717) is 12.3 Å². The normalized spacial score (nSPS) is 30.6. The van der Waals surface area contributed by atoms with E-state index in [4.69, 9.17) is 14.2 Å². The van der Waals surface area contributed by atoms with Gasteiger partial charge in [0.15, 0.2) is 0 Å². The van der Waals surface area contributed by atoms with E-state index in [-0.39, 0.29) is 36.0 Å². The van der Waals surface area contributed by atoms with Crippen molar-refractivity contribution in [3.8, 4) is 0 Å². The molecule has 0 unspecified atom stereocenters. The van der Waals surface area contributed by atoms with Crippen LogP contribution in [-0.4, -0.2) is 59.9 Å². The standard InChI is InChI=1S/C35H53F3O7/c1-23-15-16-27-30(3,4)18-12-19-32(27,6)33(23,42)22-21-31(5,41)20-17-26(24(2)28(39)43-7)45-29(40)34(44-8,35(36,37)38)25-13-10-9-11-14-25/h9-11,13-14,23-24,26-27,41-42H,12,15-22H2,1-8H3/t23-,24+,26+,27+,31+,32+,33-,34+/m1/s1. The molecule has 3 rings (SSSR count). The molecule has 7 nitrogen and oxygen atoms in total. The van der Waals surface area contributed by atoms with Crippen LogP contribution in [0.5, 0.6) is 0 Å². The topological polar surface area (TPSA) is 102 Å². The van der Waals surface area contributed by atoms with Gasteiger partial charge in [-0.1, -0.05) is 64.4 Å². The highest BCUT2D eigenvalue weighted by molar-refractivity contribution is 5.83. The number of hydrogen-bond acceptors (Lipinski definition) is 7. The molecule has 2 aliphatic carbocycles. The van der Waals surface area contributed by atoms with Crippen molar-refractivity contribution >= 4 is 11.9 Å². The van der Waals surface area contributed by atoms with Crippen molar-refractivity contribution in [3.63, 3.8) is 0 Å². The molecule has 0 aliphatic heterocycles. The van der Waals surface area contributed by atoms with Gasteiger partial charge in [0.2, 0.25) is 0 Å². The number of benzene rings is 1. The van der Waals surface area contributed by atoms with Gasteiger partial charge in [-0.05, 0) is 87.9 Å². The van der Waals surface area contributed by atoms with Crippen molar-refractivity contribution in [1.29, 1.82) is 0 Å². The maximum Gasteiger partial charge on any atom is 0.432 e. The van der Waals surface area contributed by atoms with Crippen molar-refractivity contribution in [2.24, 2.45) is 28.6 Å². The van der Waals surface area contributed by atoms with Crippen LogP contribution in [0.1, 0.15) is 105 Å². The van der Waals surface area contributed by atoms with E-state index < -0.39 is 52.5 Å². The number of ether oxygens (including phenoxy) is 3. The van der Waals surface area contributed by atoms with E-state index in [9.17, 15) is 33.0 Å². The maximum atomic E-state index is 14.5. The zero-order valence-corrected chi connectivity index (χ0v) is 28.1. The average molecular weight is 643 g/mol. The Hall–Kier alpha value is -2.17. The highest BCUT2D eigenvalue weighted by atomic mass is 19.4. The van der Waals surface area contributed by atoms with Crippen molar-refractivity contribution < 1.29 is 47.2 Å². The Balaban J connectivity index is 1.83. The number of hydrogen-bond donors (Lipinski definition) is 2. The average Bonchev–Trinajstić information content (AvgIpc) is 2.96. The first-order valence-corrected chi connectivity index (χ1v) is 16.1. The van der Waals surface area contributed by atoms with E-state index in [1.807, 2.05) is 0 Å². The first kappa shape index (κ1) is 37.3. The Morgan fingerprint density at radius 3 is 2.22 bits per heavy atom. The number of aliphatic hydroxyl groups is 2. The lowest BCUT2D eigenvalue weighted by molar-refractivity contribution is -0.279. The smallest absolute Gasteiger partial charge is 0.432 e. The molecule has 0 amide bonds. The molecule has 8 atom stereocenters. The van der Waals surface area contributed by atoms with Gasteiger partial charge >= 0.3 is 18.1 Å². The molecule has 45 heavy (non-hydrogen) atoms. The minimum absolute atomic E-state index is 0.000283. The van der Waals surface area contributed by atoms with Gasteiger partial charge in [-0.15, -0.1) is 0 Å². The molecule has 256 valence electrons. The molecule has 0 heterocycles. The third-order valence-corrected chi connectivity index (χ3v) is 11.5. The molecule has 0 saturated heterocycles.